The van der Waals surface area contributed by atoms with E-state index in [1.54, 1.807) is 25.0 Å². The van der Waals surface area contributed by atoms with Crippen LogP contribution in [0.2, 0.25) is 0 Å². The summed E-state index contributed by atoms with van der Waals surface area (Å²) in [5.74, 6) is -0.948. The van der Waals surface area contributed by atoms with Gasteiger partial charge in [0.1, 0.15) is 0 Å². The van der Waals surface area contributed by atoms with Gasteiger partial charge in [0.2, 0.25) is 0 Å². The van der Waals surface area contributed by atoms with E-state index in [9.17, 15) is 9.59 Å². The van der Waals surface area contributed by atoms with Gasteiger partial charge in [0.15, 0.2) is 0 Å². The van der Waals surface area contributed by atoms with E-state index in [1.807, 2.05) is 13.8 Å². The van der Waals surface area contributed by atoms with Crippen LogP contribution in [-0.4, -0.2) is 45.3 Å². The first-order valence-corrected chi connectivity index (χ1v) is 5.83. The lowest BCUT2D eigenvalue weighted by Crippen LogP contribution is -2.29. The fraction of sp³-hybridized carbons (Fsp3) is 0.583. The maximum atomic E-state index is 12.2. The minimum atomic E-state index is -0.912. The Morgan fingerprint density at radius 3 is 2.61 bits per heavy atom. The average Bonchev–Trinajstić information content (AvgIpc) is 2.67. The van der Waals surface area contributed by atoms with Crippen LogP contribution in [0, 0.1) is 0 Å². The minimum absolute atomic E-state index is 0.0560. The summed E-state index contributed by atoms with van der Waals surface area (Å²) in [5.41, 5.74) is 1.28. The van der Waals surface area contributed by atoms with Gasteiger partial charge in [-0.1, -0.05) is 13.8 Å². The summed E-state index contributed by atoms with van der Waals surface area (Å²) in [5, 5.41) is 12.9. The molecular weight excluding hydrogens is 234 g/mol. The standard InChI is InChI=1S/C12H19N3O3/c1-8(2)11-9(7-15(4)13-11)12(18)14(3)6-5-10(16)17/h7-8H,5-6H2,1-4H3,(H,16,17). The SMILES string of the molecule is CC(C)c1nn(C)cc1C(=O)N(C)CCC(=O)O. The van der Waals surface area contributed by atoms with Gasteiger partial charge in [0.05, 0.1) is 17.7 Å². The normalized spacial score (nSPS) is 10.7. The van der Waals surface area contributed by atoms with E-state index in [-0.39, 0.29) is 24.8 Å². The van der Waals surface area contributed by atoms with Crippen molar-refractivity contribution in [1.82, 2.24) is 14.7 Å². The average molecular weight is 253 g/mol. The molecule has 0 bridgehead atoms. The van der Waals surface area contributed by atoms with Crippen LogP contribution in [0.1, 0.15) is 42.2 Å². The number of carboxylic acids is 1. The van der Waals surface area contributed by atoms with Gasteiger partial charge < -0.3 is 10.0 Å². The number of nitrogens with zero attached hydrogens (tertiary/aromatic N) is 3. The predicted molar refractivity (Wildman–Crippen MR) is 66.5 cm³/mol. The molecule has 1 amide bonds. The number of hydrogen-bond donors (Lipinski definition) is 1. The number of aryl methyl sites for hydroxylation is 1. The third kappa shape index (κ3) is 3.32. The highest BCUT2D eigenvalue weighted by molar-refractivity contribution is 5.95. The highest BCUT2D eigenvalue weighted by Gasteiger charge is 2.21. The van der Waals surface area contributed by atoms with Gasteiger partial charge in [-0.2, -0.15) is 5.10 Å². The Balaban J connectivity index is 2.86. The predicted octanol–water partition coefficient (Wildman–Crippen LogP) is 1.09. The monoisotopic (exact) mass is 253 g/mol. The fourth-order valence-electron chi connectivity index (χ4n) is 1.67. The number of hydrogen-bond acceptors (Lipinski definition) is 3. The van der Waals surface area contributed by atoms with Crippen molar-refractivity contribution in [3.63, 3.8) is 0 Å². The molecule has 1 rings (SSSR count). The molecule has 0 spiro atoms. The molecule has 0 atom stereocenters. The molecule has 6 nitrogen and oxygen atoms in total. The molecule has 18 heavy (non-hydrogen) atoms. The Hall–Kier alpha value is -1.85. The lowest BCUT2D eigenvalue weighted by molar-refractivity contribution is -0.137. The summed E-state index contributed by atoms with van der Waals surface area (Å²) in [6.07, 6.45) is 1.62. The van der Waals surface area contributed by atoms with Gasteiger partial charge in [-0.3, -0.25) is 14.3 Å². The van der Waals surface area contributed by atoms with Gasteiger partial charge in [-0.25, -0.2) is 0 Å². The van der Waals surface area contributed by atoms with E-state index in [2.05, 4.69) is 5.10 Å². The second kappa shape index (κ2) is 5.66. The number of carboxylic acid groups (broad SMARTS) is 1. The van der Waals surface area contributed by atoms with Crippen LogP contribution in [0.3, 0.4) is 0 Å². The summed E-state index contributed by atoms with van der Waals surface area (Å²) in [6.45, 7) is 4.13. The quantitative estimate of drug-likeness (QED) is 0.852. The van der Waals surface area contributed by atoms with E-state index < -0.39 is 5.97 Å². The molecule has 0 aromatic carbocycles. The van der Waals surface area contributed by atoms with E-state index in [0.29, 0.717) is 5.56 Å². The lowest BCUT2D eigenvalue weighted by Gasteiger charge is -2.16. The Labute approximate surface area is 106 Å². The smallest absolute Gasteiger partial charge is 0.305 e. The zero-order valence-electron chi connectivity index (χ0n) is 11.2. The maximum absolute atomic E-state index is 12.2. The molecule has 100 valence electrons. The van der Waals surface area contributed by atoms with Crippen molar-refractivity contribution >= 4 is 11.9 Å². The molecule has 1 heterocycles. The highest BCUT2D eigenvalue weighted by atomic mass is 16.4. The van der Waals surface area contributed by atoms with Gasteiger partial charge in [-0.05, 0) is 5.92 Å². The number of aromatic nitrogens is 2. The van der Waals surface area contributed by atoms with Crippen molar-refractivity contribution in [2.45, 2.75) is 26.2 Å². The Bertz CT molecular complexity index is 451. The van der Waals surface area contributed by atoms with E-state index in [4.69, 9.17) is 5.11 Å². The van der Waals surface area contributed by atoms with Crippen molar-refractivity contribution in [3.8, 4) is 0 Å². The summed E-state index contributed by atoms with van der Waals surface area (Å²) >= 11 is 0. The number of carbonyl (C=O) groups excluding carboxylic acids is 1. The van der Waals surface area contributed by atoms with Crippen LogP contribution in [0.15, 0.2) is 6.20 Å². The van der Waals surface area contributed by atoms with Crippen LogP contribution in [0.5, 0.6) is 0 Å². The summed E-state index contributed by atoms with van der Waals surface area (Å²) in [7, 11) is 3.36. The molecule has 0 saturated heterocycles. The third-order valence-electron chi connectivity index (χ3n) is 2.64. The van der Waals surface area contributed by atoms with Crippen LogP contribution < -0.4 is 0 Å². The van der Waals surface area contributed by atoms with E-state index in [1.165, 1.54) is 4.90 Å². The Morgan fingerprint density at radius 2 is 2.11 bits per heavy atom. The van der Waals surface area contributed by atoms with Crippen molar-refractivity contribution in [3.05, 3.63) is 17.5 Å². The Kier molecular flexibility index (Phi) is 4.47. The molecule has 0 fully saturated rings. The van der Waals surface area contributed by atoms with Gasteiger partial charge in [0.25, 0.3) is 5.91 Å². The molecule has 0 aliphatic carbocycles. The first kappa shape index (κ1) is 14.2. The molecule has 6 heteroatoms. The van der Waals surface area contributed by atoms with Gasteiger partial charge >= 0.3 is 5.97 Å². The fourth-order valence-corrected chi connectivity index (χ4v) is 1.67. The molecule has 0 radical (unpaired) electrons. The van der Waals surface area contributed by atoms with Gasteiger partial charge in [0, 0.05) is 26.8 Å². The van der Waals surface area contributed by atoms with Crippen LogP contribution in [0.4, 0.5) is 0 Å². The summed E-state index contributed by atoms with van der Waals surface area (Å²) in [4.78, 5) is 24.1. The van der Waals surface area contributed by atoms with Crippen LogP contribution in [0.25, 0.3) is 0 Å². The first-order chi connectivity index (χ1) is 8.32. The second-order valence-corrected chi connectivity index (χ2v) is 4.63. The Morgan fingerprint density at radius 1 is 1.50 bits per heavy atom. The first-order valence-electron chi connectivity index (χ1n) is 5.83. The van der Waals surface area contributed by atoms with Crippen molar-refractivity contribution in [1.29, 1.82) is 0 Å². The number of carbonyl (C=O) groups is 2. The number of rotatable bonds is 5. The summed E-state index contributed by atoms with van der Waals surface area (Å²) in [6, 6.07) is 0. The molecule has 1 N–H and O–H groups in total. The second-order valence-electron chi connectivity index (χ2n) is 4.63. The molecule has 1 aromatic heterocycles. The van der Waals surface area contributed by atoms with Crippen molar-refractivity contribution in [2.75, 3.05) is 13.6 Å². The molecule has 0 aliphatic rings. The largest absolute Gasteiger partial charge is 0.481 e. The lowest BCUT2D eigenvalue weighted by atomic mass is 10.1. The minimum Gasteiger partial charge on any atom is -0.481 e. The number of aliphatic carboxylic acids is 1. The molecular formula is C12H19N3O3. The van der Waals surface area contributed by atoms with E-state index in [0.717, 1.165) is 5.69 Å². The molecule has 0 saturated carbocycles. The third-order valence-corrected chi connectivity index (χ3v) is 2.64. The zero-order chi connectivity index (χ0) is 13.9. The molecule has 0 aliphatic heterocycles. The van der Waals surface area contributed by atoms with Crippen LogP contribution in [-0.2, 0) is 11.8 Å². The molecule has 1 aromatic rings. The highest BCUT2D eigenvalue weighted by Crippen LogP contribution is 2.18. The molecule has 0 unspecified atom stereocenters. The maximum Gasteiger partial charge on any atom is 0.305 e. The summed E-state index contributed by atoms with van der Waals surface area (Å²) < 4.78 is 1.60. The van der Waals surface area contributed by atoms with Crippen molar-refractivity contribution in [2.24, 2.45) is 7.05 Å². The topological polar surface area (TPSA) is 75.4 Å². The van der Waals surface area contributed by atoms with Crippen LogP contribution >= 0.6 is 0 Å². The van der Waals surface area contributed by atoms with E-state index >= 15 is 0 Å². The number of amides is 1. The van der Waals surface area contributed by atoms with Gasteiger partial charge in [-0.15, -0.1) is 0 Å². The zero-order valence-corrected chi connectivity index (χ0v) is 11.2. The van der Waals surface area contributed by atoms with Crippen molar-refractivity contribution < 1.29 is 14.7 Å².